The molecule has 0 N–H and O–H groups in total. The molecule has 0 saturated heterocycles. The SMILES string of the molecule is CCC1CCCC(C#N)(Cc2ccc(F)c(Br)c2)C1. The summed E-state index contributed by atoms with van der Waals surface area (Å²) in [6.45, 7) is 2.20. The van der Waals surface area contributed by atoms with Crippen molar-refractivity contribution in [2.45, 2.75) is 45.4 Å². The van der Waals surface area contributed by atoms with Gasteiger partial charge in [0.25, 0.3) is 0 Å². The molecule has 0 amide bonds. The van der Waals surface area contributed by atoms with E-state index in [1.807, 2.05) is 6.07 Å². The lowest BCUT2D eigenvalue weighted by Crippen LogP contribution is -2.29. The molecule has 1 saturated carbocycles. The number of nitrogens with zero attached hydrogens (tertiary/aromatic N) is 1. The van der Waals surface area contributed by atoms with Crippen molar-refractivity contribution in [3.05, 3.63) is 34.1 Å². The molecule has 1 aromatic carbocycles. The molecule has 0 spiro atoms. The first-order chi connectivity index (χ1) is 9.08. The van der Waals surface area contributed by atoms with Crippen molar-refractivity contribution in [1.82, 2.24) is 0 Å². The van der Waals surface area contributed by atoms with Crippen molar-refractivity contribution in [1.29, 1.82) is 5.26 Å². The van der Waals surface area contributed by atoms with Crippen LogP contribution in [0.4, 0.5) is 4.39 Å². The quantitative estimate of drug-likeness (QED) is 0.746. The first-order valence-corrected chi connectivity index (χ1v) is 7.73. The van der Waals surface area contributed by atoms with E-state index < -0.39 is 0 Å². The summed E-state index contributed by atoms with van der Waals surface area (Å²) >= 11 is 3.22. The van der Waals surface area contributed by atoms with Gasteiger partial charge in [0.05, 0.1) is 16.0 Å². The van der Waals surface area contributed by atoms with E-state index in [-0.39, 0.29) is 11.2 Å². The highest BCUT2D eigenvalue weighted by Gasteiger charge is 2.36. The monoisotopic (exact) mass is 323 g/mol. The molecule has 1 nitrogen and oxygen atoms in total. The molecular formula is C16H19BrFN. The van der Waals surface area contributed by atoms with E-state index in [1.54, 1.807) is 6.07 Å². The van der Waals surface area contributed by atoms with Crippen molar-refractivity contribution in [2.24, 2.45) is 11.3 Å². The predicted octanol–water partition coefficient (Wildman–Crippen LogP) is 5.24. The normalized spacial score (nSPS) is 26.9. The summed E-state index contributed by atoms with van der Waals surface area (Å²) in [4.78, 5) is 0. The average molecular weight is 324 g/mol. The molecule has 0 radical (unpaired) electrons. The van der Waals surface area contributed by atoms with Crippen LogP contribution in [-0.4, -0.2) is 0 Å². The second-order valence-electron chi connectivity index (χ2n) is 5.69. The van der Waals surface area contributed by atoms with Crippen LogP contribution in [0.3, 0.4) is 0 Å². The van der Waals surface area contributed by atoms with Gasteiger partial charge in [-0.15, -0.1) is 0 Å². The highest BCUT2D eigenvalue weighted by atomic mass is 79.9. The molecule has 1 fully saturated rings. The Morgan fingerprint density at radius 1 is 1.53 bits per heavy atom. The Balaban J connectivity index is 2.18. The standard InChI is InChI=1S/C16H19BrFN/c1-2-12-4-3-7-16(9-12,11-19)10-13-5-6-15(18)14(17)8-13/h5-6,8,12H,2-4,7,9-10H2,1H3. The largest absolute Gasteiger partial charge is 0.206 e. The Hall–Kier alpha value is -0.880. The lowest BCUT2D eigenvalue weighted by Gasteiger charge is -2.35. The van der Waals surface area contributed by atoms with E-state index in [0.29, 0.717) is 10.4 Å². The molecule has 102 valence electrons. The first kappa shape index (κ1) is 14.5. The van der Waals surface area contributed by atoms with Gasteiger partial charge in [-0.25, -0.2) is 4.39 Å². The lowest BCUT2D eigenvalue weighted by atomic mass is 9.67. The highest BCUT2D eigenvalue weighted by molar-refractivity contribution is 9.10. The maximum atomic E-state index is 13.3. The summed E-state index contributed by atoms with van der Waals surface area (Å²) in [7, 11) is 0. The van der Waals surface area contributed by atoms with Gasteiger partial charge < -0.3 is 0 Å². The van der Waals surface area contributed by atoms with Crippen molar-refractivity contribution in [3.8, 4) is 6.07 Å². The minimum atomic E-state index is -0.254. The molecule has 0 bridgehead atoms. The second-order valence-corrected chi connectivity index (χ2v) is 6.54. The molecule has 1 aliphatic rings. The van der Waals surface area contributed by atoms with Crippen LogP contribution >= 0.6 is 15.9 Å². The van der Waals surface area contributed by atoms with Crippen LogP contribution in [0, 0.1) is 28.5 Å². The summed E-state index contributed by atoms with van der Waals surface area (Å²) in [6, 6.07) is 7.64. The van der Waals surface area contributed by atoms with Crippen LogP contribution in [0.2, 0.25) is 0 Å². The molecule has 1 aromatic rings. The van der Waals surface area contributed by atoms with Gasteiger partial charge in [0.2, 0.25) is 0 Å². The Morgan fingerprint density at radius 3 is 2.95 bits per heavy atom. The molecule has 0 aliphatic heterocycles. The minimum Gasteiger partial charge on any atom is -0.206 e. The van der Waals surface area contributed by atoms with Gasteiger partial charge in [-0.3, -0.25) is 0 Å². The van der Waals surface area contributed by atoms with Crippen LogP contribution in [-0.2, 0) is 6.42 Å². The smallest absolute Gasteiger partial charge is 0.137 e. The third-order valence-corrected chi connectivity index (χ3v) is 4.90. The average Bonchev–Trinajstić information content (AvgIpc) is 2.43. The number of hydrogen-bond donors (Lipinski definition) is 0. The van der Waals surface area contributed by atoms with Gasteiger partial charge in [-0.05, 0) is 58.8 Å². The molecule has 19 heavy (non-hydrogen) atoms. The van der Waals surface area contributed by atoms with Crippen LogP contribution in [0.1, 0.15) is 44.6 Å². The molecule has 2 rings (SSSR count). The zero-order valence-electron chi connectivity index (χ0n) is 11.3. The number of nitriles is 1. The minimum absolute atomic E-state index is 0.246. The summed E-state index contributed by atoms with van der Waals surface area (Å²) in [5, 5.41) is 9.60. The van der Waals surface area contributed by atoms with Gasteiger partial charge in [0.15, 0.2) is 0 Å². The molecule has 3 heteroatoms. The zero-order chi connectivity index (χ0) is 13.9. The molecule has 0 heterocycles. The van der Waals surface area contributed by atoms with E-state index >= 15 is 0 Å². The first-order valence-electron chi connectivity index (χ1n) is 6.94. The van der Waals surface area contributed by atoms with Gasteiger partial charge >= 0.3 is 0 Å². The van der Waals surface area contributed by atoms with E-state index in [2.05, 4.69) is 28.9 Å². The number of benzene rings is 1. The summed E-state index contributed by atoms with van der Waals surface area (Å²) in [5.41, 5.74) is 0.794. The Kier molecular flexibility index (Phi) is 4.62. The maximum absolute atomic E-state index is 13.3. The molecular weight excluding hydrogens is 305 g/mol. The Bertz CT molecular complexity index is 494. The second kappa shape index (κ2) is 6.05. The van der Waals surface area contributed by atoms with Gasteiger partial charge in [-0.2, -0.15) is 5.26 Å². The van der Waals surface area contributed by atoms with E-state index in [0.717, 1.165) is 37.7 Å². The fraction of sp³-hybridized carbons (Fsp3) is 0.562. The van der Waals surface area contributed by atoms with Gasteiger partial charge in [-0.1, -0.05) is 32.3 Å². The maximum Gasteiger partial charge on any atom is 0.137 e. The summed E-state index contributed by atoms with van der Waals surface area (Å²) < 4.78 is 13.7. The third-order valence-electron chi connectivity index (χ3n) is 4.29. The van der Waals surface area contributed by atoms with Crippen LogP contribution < -0.4 is 0 Å². The summed E-state index contributed by atoms with van der Waals surface area (Å²) in [5.74, 6) is 0.419. The number of halogens is 2. The van der Waals surface area contributed by atoms with E-state index in [4.69, 9.17) is 0 Å². The van der Waals surface area contributed by atoms with Crippen molar-refractivity contribution in [2.75, 3.05) is 0 Å². The number of hydrogen-bond acceptors (Lipinski definition) is 1. The number of rotatable bonds is 3. The van der Waals surface area contributed by atoms with Crippen molar-refractivity contribution < 1.29 is 4.39 Å². The topological polar surface area (TPSA) is 23.8 Å². The Morgan fingerprint density at radius 2 is 2.32 bits per heavy atom. The highest BCUT2D eigenvalue weighted by Crippen LogP contribution is 2.42. The zero-order valence-corrected chi connectivity index (χ0v) is 12.8. The van der Waals surface area contributed by atoms with E-state index in [9.17, 15) is 9.65 Å². The third kappa shape index (κ3) is 3.36. The van der Waals surface area contributed by atoms with Crippen molar-refractivity contribution in [3.63, 3.8) is 0 Å². The fourth-order valence-corrected chi connectivity index (χ4v) is 3.60. The Labute approximate surface area is 123 Å². The lowest BCUT2D eigenvalue weighted by molar-refractivity contribution is 0.194. The molecule has 1 aliphatic carbocycles. The summed E-state index contributed by atoms with van der Waals surface area (Å²) in [6.07, 6.45) is 6.21. The fourth-order valence-electron chi connectivity index (χ4n) is 3.18. The predicted molar refractivity (Wildman–Crippen MR) is 78.1 cm³/mol. The van der Waals surface area contributed by atoms with E-state index in [1.165, 1.54) is 12.5 Å². The van der Waals surface area contributed by atoms with Gasteiger partial charge in [0, 0.05) is 0 Å². The van der Waals surface area contributed by atoms with Crippen molar-refractivity contribution >= 4 is 15.9 Å². The molecule has 2 unspecified atom stereocenters. The van der Waals surface area contributed by atoms with Gasteiger partial charge in [0.1, 0.15) is 5.82 Å². The van der Waals surface area contributed by atoms with Crippen LogP contribution in [0.15, 0.2) is 22.7 Å². The van der Waals surface area contributed by atoms with Crippen LogP contribution in [0.25, 0.3) is 0 Å². The molecule has 0 aromatic heterocycles. The van der Waals surface area contributed by atoms with Crippen LogP contribution in [0.5, 0.6) is 0 Å². The molecule has 2 atom stereocenters.